The molecular weight excluding hydrogens is 406 g/mol. The van der Waals surface area contributed by atoms with Crippen LogP contribution in [0.1, 0.15) is 40.5 Å². The lowest BCUT2D eigenvalue weighted by Gasteiger charge is -2.48. The third-order valence-corrected chi connectivity index (χ3v) is 6.66. The zero-order valence-corrected chi connectivity index (χ0v) is 18.9. The third-order valence-electron chi connectivity index (χ3n) is 5.30. The smallest absolute Gasteiger partial charge is 0.208 e. The highest BCUT2D eigenvalue weighted by molar-refractivity contribution is 7.18. The number of hydrogen-bond acceptors (Lipinski definition) is 7. The lowest BCUT2D eigenvalue weighted by molar-refractivity contribution is 0.161. The molecule has 1 saturated heterocycles. The van der Waals surface area contributed by atoms with E-state index in [1.54, 1.807) is 28.4 Å². The number of halogens is 1. The van der Waals surface area contributed by atoms with Crippen molar-refractivity contribution in [2.24, 2.45) is 0 Å². The third kappa shape index (κ3) is 4.29. The Kier molecular flexibility index (Phi) is 5.13. The first-order valence-corrected chi connectivity index (χ1v) is 10.9. The minimum Gasteiger partial charge on any atom is -0.347 e. The van der Waals surface area contributed by atoms with E-state index in [1.807, 2.05) is 18.2 Å². The van der Waals surface area contributed by atoms with Gasteiger partial charge in [-0.15, -0.1) is 15.3 Å². The number of nitrogens with zero attached hydrogens (tertiary/aromatic N) is 6. The number of nitrogens with one attached hydrogen (secondary N) is 1. The molecule has 1 N–H and O–H groups in total. The molecule has 0 bridgehead atoms. The van der Waals surface area contributed by atoms with Crippen molar-refractivity contribution in [3.63, 3.8) is 0 Å². The molecule has 9 heteroatoms. The molecule has 29 heavy (non-hydrogen) atoms. The first-order valence-electron chi connectivity index (χ1n) is 9.66. The van der Waals surface area contributed by atoms with Crippen LogP contribution in [-0.4, -0.2) is 49.4 Å². The zero-order chi connectivity index (χ0) is 20.8. The van der Waals surface area contributed by atoms with E-state index in [-0.39, 0.29) is 11.1 Å². The van der Waals surface area contributed by atoms with Crippen molar-refractivity contribution < 1.29 is 0 Å². The summed E-state index contributed by atoms with van der Waals surface area (Å²) >= 11 is 8.12. The summed E-state index contributed by atoms with van der Waals surface area (Å²) in [7, 11) is 2.11. The molecule has 0 saturated carbocycles. The van der Waals surface area contributed by atoms with Crippen LogP contribution in [0.25, 0.3) is 16.3 Å². The van der Waals surface area contributed by atoms with Gasteiger partial charge < -0.3 is 10.2 Å². The van der Waals surface area contributed by atoms with Gasteiger partial charge in [-0.1, -0.05) is 28.2 Å². The Morgan fingerprint density at radius 3 is 2.52 bits per heavy atom. The number of anilines is 1. The molecule has 2 aromatic heterocycles. The molecule has 7 nitrogen and oxygen atoms in total. The van der Waals surface area contributed by atoms with Crippen molar-refractivity contribution in [1.29, 1.82) is 0 Å². The second-order valence-corrected chi connectivity index (χ2v) is 10.3. The van der Waals surface area contributed by atoms with E-state index in [4.69, 9.17) is 11.6 Å². The molecule has 1 fully saturated rings. The molecule has 1 aliphatic rings. The van der Waals surface area contributed by atoms with Crippen LogP contribution < -0.4 is 10.2 Å². The monoisotopic (exact) mass is 431 g/mol. The van der Waals surface area contributed by atoms with Crippen LogP contribution in [0.15, 0.2) is 30.6 Å². The maximum atomic E-state index is 6.55. The second-order valence-electron chi connectivity index (χ2n) is 8.97. The summed E-state index contributed by atoms with van der Waals surface area (Å²) in [5, 5.41) is 22.8. The highest BCUT2D eigenvalue weighted by Crippen LogP contribution is 2.37. The van der Waals surface area contributed by atoms with Gasteiger partial charge in [0.2, 0.25) is 5.13 Å². The summed E-state index contributed by atoms with van der Waals surface area (Å²) in [6.07, 6.45) is 5.52. The van der Waals surface area contributed by atoms with Gasteiger partial charge in [-0.2, -0.15) is 0 Å². The van der Waals surface area contributed by atoms with Crippen molar-refractivity contribution >= 4 is 28.1 Å². The van der Waals surface area contributed by atoms with Crippen LogP contribution in [0.4, 0.5) is 5.13 Å². The summed E-state index contributed by atoms with van der Waals surface area (Å²) < 4.78 is 1.68. The van der Waals surface area contributed by atoms with Gasteiger partial charge in [-0.3, -0.25) is 0 Å². The Morgan fingerprint density at radius 1 is 1.17 bits per heavy atom. The van der Waals surface area contributed by atoms with Crippen LogP contribution in [0.3, 0.4) is 0 Å². The van der Waals surface area contributed by atoms with Gasteiger partial charge in [0.15, 0.2) is 5.01 Å². The van der Waals surface area contributed by atoms with E-state index < -0.39 is 0 Å². The molecule has 154 valence electrons. The Bertz CT molecular complexity index is 980. The Morgan fingerprint density at radius 2 is 1.90 bits per heavy atom. The molecule has 0 atom stereocenters. The number of piperidine rings is 1. The largest absolute Gasteiger partial charge is 0.347 e. The minimum atomic E-state index is 0.0781. The van der Waals surface area contributed by atoms with E-state index in [0.717, 1.165) is 34.2 Å². The van der Waals surface area contributed by atoms with Crippen molar-refractivity contribution in [2.75, 3.05) is 11.9 Å². The molecule has 0 spiro atoms. The molecule has 3 heterocycles. The van der Waals surface area contributed by atoms with Crippen LogP contribution in [0.5, 0.6) is 0 Å². The van der Waals surface area contributed by atoms with Gasteiger partial charge >= 0.3 is 0 Å². The van der Waals surface area contributed by atoms with Crippen LogP contribution in [0.2, 0.25) is 5.02 Å². The number of hydrogen-bond donors (Lipinski definition) is 1. The fourth-order valence-corrected chi connectivity index (χ4v) is 5.57. The minimum absolute atomic E-state index is 0.0781. The standard InChI is InChI=1S/C20H26ClN7S/c1-19(2)11-14(12-20(3,4)25-19)27(5)18-24-23-17(29-18)15-7-6-13(10-16(15)21)28-9-8-22-26-28/h6-10,14,25H,11-12H2,1-5H3. The summed E-state index contributed by atoms with van der Waals surface area (Å²) in [6.45, 7) is 9.04. The highest BCUT2D eigenvalue weighted by atomic mass is 35.5. The molecule has 1 aromatic carbocycles. The van der Waals surface area contributed by atoms with E-state index in [2.05, 4.69) is 65.5 Å². The normalized spacial score (nSPS) is 18.7. The van der Waals surface area contributed by atoms with E-state index in [1.165, 1.54) is 0 Å². The van der Waals surface area contributed by atoms with Gasteiger partial charge in [0.05, 0.1) is 23.1 Å². The molecule has 3 aromatic rings. The van der Waals surface area contributed by atoms with Gasteiger partial charge in [-0.05, 0) is 58.7 Å². The molecule has 0 radical (unpaired) electrons. The van der Waals surface area contributed by atoms with Gasteiger partial charge in [-0.25, -0.2) is 4.68 Å². The molecule has 0 aliphatic carbocycles. The zero-order valence-electron chi connectivity index (χ0n) is 17.3. The summed E-state index contributed by atoms with van der Waals surface area (Å²) in [6, 6.07) is 6.18. The average Bonchev–Trinajstić information content (AvgIpc) is 3.30. The molecule has 0 amide bonds. The number of aromatic nitrogens is 5. The maximum absolute atomic E-state index is 6.55. The van der Waals surface area contributed by atoms with Gasteiger partial charge in [0.25, 0.3) is 0 Å². The predicted octanol–water partition coefficient (Wildman–Crippen LogP) is 4.18. The fourth-order valence-electron chi connectivity index (χ4n) is 4.33. The Labute approximate surface area is 180 Å². The quantitative estimate of drug-likeness (QED) is 0.667. The molecule has 1 aliphatic heterocycles. The Hall–Kier alpha value is -2.03. The lowest BCUT2D eigenvalue weighted by atomic mass is 9.79. The average molecular weight is 432 g/mol. The van der Waals surface area contributed by atoms with Crippen LogP contribution in [0, 0.1) is 0 Å². The number of benzene rings is 1. The van der Waals surface area contributed by atoms with Crippen molar-refractivity contribution in [2.45, 2.75) is 57.7 Å². The van der Waals surface area contributed by atoms with E-state index >= 15 is 0 Å². The number of rotatable bonds is 4. The highest BCUT2D eigenvalue weighted by Gasteiger charge is 2.39. The van der Waals surface area contributed by atoms with Crippen LogP contribution in [-0.2, 0) is 0 Å². The first-order chi connectivity index (χ1) is 13.6. The van der Waals surface area contributed by atoms with Gasteiger partial charge in [0.1, 0.15) is 0 Å². The van der Waals surface area contributed by atoms with E-state index in [0.29, 0.717) is 11.1 Å². The van der Waals surface area contributed by atoms with Crippen molar-refractivity contribution in [1.82, 2.24) is 30.5 Å². The maximum Gasteiger partial charge on any atom is 0.208 e. The molecule has 0 unspecified atom stereocenters. The lowest BCUT2D eigenvalue weighted by Crippen LogP contribution is -2.61. The van der Waals surface area contributed by atoms with Crippen molar-refractivity contribution in [3.05, 3.63) is 35.6 Å². The molecular formula is C20H26ClN7S. The van der Waals surface area contributed by atoms with Gasteiger partial charge in [0, 0.05) is 29.7 Å². The SMILES string of the molecule is CN(c1nnc(-c2ccc(-n3ccnn3)cc2Cl)s1)C1CC(C)(C)NC(C)(C)C1. The Balaban J connectivity index is 1.57. The van der Waals surface area contributed by atoms with Crippen LogP contribution >= 0.6 is 22.9 Å². The summed E-state index contributed by atoms with van der Waals surface area (Å²) in [4.78, 5) is 2.27. The second kappa shape index (κ2) is 7.34. The fraction of sp³-hybridized carbons (Fsp3) is 0.500. The summed E-state index contributed by atoms with van der Waals surface area (Å²) in [5.74, 6) is 0. The molecule has 4 rings (SSSR count). The van der Waals surface area contributed by atoms with Crippen molar-refractivity contribution in [3.8, 4) is 16.3 Å². The van der Waals surface area contributed by atoms with E-state index in [9.17, 15) is 0 Å². The summed E-state index contributed by atoms with van der Waals surface area (Å²) in [5.41, 5.74) is 1.89. The topological polar surface area (TPSA) is 71.8 Å². The first kappa shape index (κ1) is 20.3. The predicted molar refractivity (Wildman–Crippen MR) is 118 cm³/mol.